The summed E-state index contributed by atoms with van der Waals surface area (Å²) in [6.07, 6.45) is 10.7. The first kappa shape index (κ1) is 30.4. The van der Waals surface area contributed by atoms with Gasteiger partial charge in [-0.1, -0.05) is 78.9 Å². The molecule has 0 unspecified atom stereocenters. The highest BCUT2D eigenvalue weighted by atomic mass is 16.5. The van der Waals surface area contributed by atoms with Crippen molar-refractivity contribution in [3.05, 3.63) is 168 Å². The second-order valence-corrected chi connectivity index (χ2v) is 14.9. The van der Waals surface area contributed by atoms with Gasteiger partial charge in [0.05, 0.1) is 16.6 Å². The highest BCUT2D eigenvalue weighted by molar-refractivity contribution is 6.12. The molecule has 1 fully saturated rings. The Hall–Kier alpha value is -6.20. The third-order valence-corrected chi connectivity index (χ3v) is 11.9. The first-order chi connectivity index (χ1) is 26.3. The Morgan fingerprint density at radius 1 is 0.528 bits per heavy atom. The Bertz CT molecular complexity index is 2840. The Labute approximate surface area is 308 Å². The van der Waals surface area contributed by atoms with E-state index < -0.39 is 0 Å². The van der Waals surface area contributed by atoms with Gasteiger partial charge in [0, 0.05) is 57.4 Å². The summed E-state index contributed by atoms with van der Waals surface area (Å²) in [5.74, 6) is 2.43. The fraction of sp³-hybridized carbons (Fsp3) is 0.167. The molecule has 4 aliphatic rings. The first-order valence-corrected chi connectivity index (χ1v) is 19.0. The molecular formula is C48H38N4O. The van der Waals surface area contributed by atoms with Gasteiger partial charge in [0.25, 0.3) is 0 Å². The quantitative estimate of drug-likeness (QED) is 0.159. The molecule has 13 rings (SSSR count). The molecule has 0 radical (unpaired) electrons. The van der Waals surface area contributed by atoms with Crippen LogP contribution in [0.4, 0.5) is 0 Å². The number of aryl methyl sites for hydroxylation is 2. The molecule has 1 aliphatic carbocycles. The van der Waals surface area contributed by atoms with E-state index in [1.54, 1.807) is 0 Å². The summed E-state index contributed by atoms with van der Waals surface area (Å²) in [5.41, 5.74) is 12.3. The van der Waals surface area contributed by atoms with E-state index >= 15 is 0 Å². The van der Waals surface area contributed by atoms with Gasteiger partial charge in [-0.2, -0.15) is 0 Å². The number of benzene rings is 5. The van der Waals surface area contributed by atoms with Gasteiger partial charge in [0.2, 0.25) is 5.88 Å². The summed E-state index contributed by atoms with van der Waals surface area (Å²) in [5, 5.41) is 5.00. The Balaban J connectivity index is 1.13. The van der Waals surface area contributed by atoms with Crippen molar-refractivity contribution in [3.8, 4) is 23.0 Å². The van der Waals surface area contributed by atoms with Gasteiger partial charge in [-0.05, 0) is 115 Å². The number of pyridine rings is 2. The molecule has 5 heteroatoms. The van der Waals surface area contributed by atoms with Crippen LogP contribution in [0.1, 0.15) is 59.8 Å². The summed E-state index contributed by atoms with van der Waals surface area (Å²) in [4.78, 5) is 9.88. The van der Waals surface area contributed by atoms with Crippen LogP contribution in [0.2, 0.25) is 0 Å². The topological polar surface area (TPSA) is 44.9 Å². The minimum atomic E-state index is 0.498. The van der Waals surface area contributed by atoms with Gasteiger partial charge < -0.3 is 9.30 Å². The van der Waals surface area contributed by atoms with Crippen LogP contribution in [0.25, 0.3) is 55.1 Å². The predicted molar refractivity (Wildman–Crippen MR) is 215 cm³/mol. The van der Waals surface area contributed by atoms with Crippen LogP contribution in [0.15, 0.2) is 146 Å². The molecule has 0 atom stereocenters. The Kier molecular flexibility index (Phi) is 7.00. The summed E-state index contributed by atoms with van der Waals surface area (Å²) >= 11 is 0. The molecule has 0 amide bonds. The number of rotatable bonds is 0. The number of aromatic nitrogens is 4. The zero-order valence-corrected chi connectivity index (χ0v) is 29.5. The summed E-state index contributed by atoms with van der Waals surface area (Å²) in [7, 11) is 0. The fourth-order valence-electron chi connectivity index (χ4n) is 9.46. The second-order valence-electron chi connectivity index (χ2n) is 14.9. The normalized spacial score (nSPS) is 17.1. The lowest BCUT2D eigenvalue weighted by Crippen LogP contribution is -2.14. The Morgan fingerprint density at radius 3 is 2.11 bits per heavy atom. The number of nitrogens with zero attached hydrogens (tertiary/aromatic N) is 4. The van der Waals surface area contributed by atoms with Crippen LogP contribution in [-0.4, -0.2) is 19.1 Å². The maximum absolute atomic E-state index is 6.40. The van der Waals surface area contributed by atoms with Crippen molar-refractivity contribution in [2.24, 2.45) is 0 Å². The highest BCUT2D eigenvalue weighted by Crippen LogP contribution is 2.45. The number of fused-ring (bicyclic) bond motifs is 5. The lowest BCUT2D eigenvalue weighted by molar-refractivity contribution is 0.396. The molecule has 256 valence electrons. The maximum Gasteiger partial charge on any atom is 0.219 e. The van der Waals surface area contributed by atoms with Gasteiger partial charge in [-0.3, -0.25) is 4.57 Å². The van der Waals surface area contributed by atoms with Crippen LogP contribution in [0.3, 0.4) is 0 Å². The van der Waals surface area contributed by atoms with E-state index in [1.807, 2.05) is 24.5 Å². The summed E-state index contributed by atoms with van der Waals surface area (Å²) < 4.78 is 11.1. The molecule has 4 aromatic heterocycles. The van der Waals surface area contributed by atoms with Gasteiger partial charge in [-0.25, -0.2) is 9.97 Å². The van der Waals surface area contributed by atoms with Crippen molar-refractivity contribution in [2.45, 2.75) is 50.4 Å². The zero-order valence-electron chi connectivity index (χ0n) is 29.5. The van der Waals surface area contributed by atoms with E-state index in [4.69, 9.17) is 14.7 Å². The lowest BCUT2D eigenvalue weighted by atomic mass is 9.74. The average molecular weight is 687 g/mol. The largest absolute Gasteiger partial charge is 0.439 e. The predicted octanol–water partition coefficient (Wildman–Crippen LogP) is 12.0. The van der Waals surface area contributed by atoms with Crippen molar-refractivity contribution >= 4 is 43.7 Å². The fourth-order valence-corrected chi connectivity index (χ4v) is 9.46. The number of hydrogen-bond acceptors (Lipinski definition) is 3. The molecule has 0 N–H and O–H groups in total. The van der Waals surface area contributed by atoms with Crippen molar-refractivity contribution in [3.63, 3.8) is 0 Å². The molecule has 53 heavy (non-hydrogen) atoms. The minimum absolute atomic E-state index is 0.498. The molecule has 9 aromatic rings. The van der Waals surface area contributed by atoms with Crippen LogP contribution < -0.4 is 4.74 Å². The Morgan fingerprint density at radius 2 is 1.26 bits per heavy atom. The second kappa shape index (κ2) is 12.2. The van der Waals surface area contributed by atoms with E-state index in [0.717, 1.165) is 46.6 Å². The van der Waals surface area contributed by atoms with E-state index in [1.165, 1.54) is 75.0 Å². The molecule has 5 nitrogen and oxygen atoms in total. The molecule has 5 aromatic carbocycles. The zero-order chi connectivity index (χ0) is 34.9. The molecule has 0 saturated heterocycles. The van der Waals surface area contributed by atoms with Gasteiger partial charge in [0.1, 0.15) is 11.4 Å². The van der Waals surface area contributed by atoms with E-state index in [9.17, 15) is 0 Å². The molecular weight excluding hydrogens is 649 g/mol. The molecule has 12 bridgehead atoms. The monoisotopic (exact) mass is 686 g/mol. The summed E-state index contributed by atoms with van der Waals surface area (Å²) in [6.45, 7) is 0. The van der Waals surface area contributed by atoms with Crippen molar-refractivity contribution in [2.75, 3.05) is 0 Å². The number of para-hydroxylation sites is 2. The molecule has 3 aliphatic heterocycles. The molecule has 1 saturated carbocycles. The van der Waals surface area contributed by atoms with E-state index in [-0.39, 0.29) is 0 Å². The van der Waals surface area contributed by atoms with E-state index in [0.29, 0.717) is 17.7 Å². The summed E-state index contributed by atoms with van der Waals surface area (Å²) in [6, 6.07) is 48.4. The highest BCUT2D eigenvalue weighted by Gasteiger charge is 2.28. The SMILES string of the molecule is c1cc2cc(c1)-n1c3ccccc3c3ccc(cc31)-n1c3ccccc3c3c(ccnc31)C1CCC(CC1)c1ccccc1CCc1ccc(nc1)O2. The van der Waals surface area contributed by atoms with Crippen molar-refractivity contribution < 1.29 is 4.74 Å². The molecule has 0 spiro atoms. The average Bonchev–Trinajstić information content (AvgIpc) is 3.73. The standard InChI is InChI=1S/C48H38N4O/c1-2-11-38-32(8-1)18-16-31-17-25-46(50-30-31)53-37-10-7-9-35(28-37)51-43-14-5-3-12-40(43)41-24-23-36(29-45(41)51)52-44-15-6-4-13-42(44)47-39(26-27-49-48(47)52)34-21-19-33(38)20-22-34/h1-15,17,23-30,33-34H,16,18-22H2. The van der Waals surface area contributed by atoms with Crippen LogP contribution >= 0.6 is 0 Å². The van der Waals surface area contributed by atoms with Gasteiger partial charge >= 0.3 is 0 Å². The van der Waals surface area contributed by atoms with Crippen molar-refractivity contribution in [1.29, 1.82) is 0 Å². The number of hydrogen-bond donors (Lipinski definition) is 0. The van der Waals surface area contributed by atoms with Crippen LogP contribution in [0, 0.1) is 0 Å². The first-order valence-electron chi connectivity index (χ1n) is 19.0. The number of ether oxygens (including phenoxy) is 1. The molecule has 7 heterocycles. The third kappa shape index (κ3) is 4.98. The smallest absolute Gasteiger partial charge is 0.219 e. The van der Waals surface area contributed by atoms with Crippen molar-refractivity contribution in [1.82, 2.24) is 19.1 Å². The van der Waals surface area contributed by atoms with Gasteiger partial charge in [-0.15, -0.1) is 0 Å². The minimum Gasteiger partial charge on any atom is -0.439 e. The lowest BCUT2D eigenvalue weighted by Gasteiger charge is -2.30. The maximum atomic E-state index is 6.40. The van der Waals surface area contributed by atoms with Crippen LogP contribution in [0.5, 0.6) is 11.6 Å². The third-order valence-electron chi connectivity index (χ3n) is 11.9. The van der Waals surface area contributed by atoms with E-state index in [2.05, 4.69) is 130 Å². The van der Waals surface area contributed by atoms with Gasteiger partial charge in [0.15, 0.2) is 0 Å². The van der Waals surface area contributed by atoms with Crippen LogP contribution in [-0.2, 0) is 12.8 Å².